The Hall–Kier alpha value is -2.94. The topological polar surface area (TPSA) is 9.72 Å². The van der Waals surface area contributed by atoms with Gasteiger partial charge in [-0.25, -0.2) is 0 Å². The summed E-state index contributed by atoms with van der Waals surface area (Å²) in [5.41, 5.74) is 7.94. The summed E-state index contributed by atoms with van der Waals surface area (Å²) in [5, 5.41) is 0. The fourth-order valence-corrected chi connectivity index (χ4v) is 4.66. The number of benzene rings is 3. The second-order valence-electron chi connectivity index (χ2n) is 7.28. The molecular weight excluding hydrogens is 318 g/mol. The van der Waals surface area contributed by atoms with E-state index >= 15 is 0 Å². The summed E-state index contributed by atoms with van der Waals surface area (Å²) in [5.74, 6) is 0. The number of hydrogen-bond donors (Lipinski definition) is 0. The lowest BCUT2D eigenvalue weighted by molar-refractivity contribution is 0.463. The van der Waals surface area contributed by atoms with Gasteiger partial charge in [-0.15, -0.1) is 0 Å². The van der Waals surface area contributed by atoms with Crippen LogP contribution in [0.15, 0.2) is 72.8 Å². The van der Waals surface area contributed by atoms with E-state index in [9.17, 15) is 0 Å². The second kappa shape index (κ2) is 5.53. The summed E-state index contributed by atoms with van der Waals surface area (Å²) in [6, 6.07) is 26.3. The molecule has 0 fully saturated rings. The molecule has 26 heavy (non-hydrogen) atoms. The maximum Gasteiger partial charge on any atom is 0.132 e. The number of nitrogens with zero attached hydrogens (tertiary/aromatic N) is 3. The van der Waals surface area contributed by atoms with Crippen molar-refractivity contribution < 1.29 is 0 Å². The molecule has 2 unspecified atom stereocenters. The van der Waals surface area contributed by atoms with Gasteiger partial charge in [-0.05, 0) is 30.7 Å². The Morgan fingerprint density at radius 2 is 1.00 bits per heavy atom. The maximum atomic E-state index is 2.57. The van der Waals surface area contributed by atoms with Crippen molar-refractivity contribution >= 4 is 17.1 Å². The SMILES string of the molecule is Cc1ccccc1N1C2c3ccccc3N(C)C1c1ccccc1N2C. The number of aryl methyl sites for hydroxylation is 1. The summed E-state index contributed by atoms with van der Waals surface area (Å²) < 4.78 is 0. The van der Waals surface area contributed by atoms with E-state index in [0.29, 0.717) is 0 Å². The lowest BCUT2D eigenvalue weighted by Gasteiger charge is -2.57. The van der Waals surface area contributed by atoms with E-state index in [0.717, 1.165) is 0 Å². The van der Waals surface area contributed by atoms with E-state index in [1.54, 1.807) is 0 Å². The smallest absolute Gasteiger partial charge is 0.132 e. The highest BCUT2D eigenvalue weighted by Crippen LogP contribution is 2.53. The van der Waals surface area contributed by atoms with Gasteiger partial charge in [-0.1, -0.05) is 54.6 Å². The number of para-hydroxylation sites is 3. The number of rotatable bonds is 1. The van der Waals surface area contributed by atoms with Crippen LogP contribution in [0, 0.1) is 6.92 Å². The van der Waals surface area contributed by atoms with Gasteiger partial charge in [-0.2, -0.15) is 0 Å². The molecule has 3 heteroatoms. The molecule has 2 aliphatic heterocycles. The van der Waals surface area contributed by atoms with Crippen LogP contribution < -0.4 is 14.7 Å². The standard InChI is InChI=1S/C23H23N3/c1-16-10-4-7-13-19(16)26-22-18-12-6-9-15-21(18)25(3)23(26)17-11-5-8-14-20(17)24(22)2/h4-15,22-23H,1-3H3. The zero-order valence-electron chi connectivity index (χ0n) is 15.4. The first-order valence-corrected chi connectivity index (χ1v) is 9.16. The molecule has 0 N–H and O–H groups in total. The average Bonchev–Trinajstić information content (AvgIpc) is 2.68. The van der Waals surface area contributed by atoms with Crippen molar-refractivity contribution in [3.8, 4) is 0 Å². The molecule has 0 spiro atoms. The molecule has 3 nitrogen and oxygen atoms in total. The Labute approximate surface area is 155 Å². The van der Waals surface area contributed by atoms with Gasteiger partial charge in [0.25, 0.3) is 0 Å². The van der Waals surface area contributed by atoms with Gasteiger partial charge in [0, 0.05) is 42.3 Å². The third-order valence-electron chi connectivity index (χ3n) is 5.84. The number of hydrogen-bond acceptors (Lipinski definition) is 3. The minimum absolute atomic E-state index is 0.184. The molecule has 130 valence electrons. The summed E-state index contributed by atoms with van der Waals surface area (Å²) in [7, 11) is 4.43. The van der Waals surface area contributed by atoms with Crippen molar-refractivity contribution in [2.24, 2.45) is 0 Å². The highest BCUT2D eigenvalue weighted by molar-refractivity contribution is 5.75. The molecule has 2 aliphatic rings. The second-order valence-corrected chi connectivity index (χ2v) is 7.28. The quantitative estimate of drug-likeness (QED) is 0.610. The van der Waals surface area contributed by atoms with Crippen LogP contribution in [-0.2, 0) is 0 Å². The van der Waals surface area contributed by atoms with Crippen LogP contribution in [0.3, 0.4) is 0 Å². The Morgan fingerprint density at radius 1 is 0.577 bits per heavy atom. The monoisotopic (exact) mass is 341 g/mol. The van der Waals surface area contributed by atoms with Crippen molar-refractivity contribution in [1.82, 2.24) is 0 Å². The summed E-state index contributed by atoms with van der Waals surface area (Å²) in [4.78, 5) is 7.41. The molecule has 0 aliphatic carbocycles. The van der Waals surface area contributed by atoms with Gasteiger partial charge in [-0.3, -0.25) is 0 Å². The van der Waals surface area contributed by atoms with E-state index in [1.807, 2.05) is 0 Å². The minimum atomic E-state index is 0.184. The number of fused-ring (bicyclic) bond motifs is 6. The molecule has 0 saturated carbocycles. The molecule has 0 amide bonds. The van der Waals surface area contributed by atoms with Crippen LogP contribution in [0.5, 0.6) is 0 Å². The fraction of sp³-hybridized carbons (Fsp3) is 0.217. The van der Waals surface area contributed by atoms with E-state index in [4.69, 9.17) is 0 Å². The molecular formula is C23H23N3. The summed E-state index contributed by atoms with van der Waals surface area (Å²) in [6.07, 6.45) is 0.367. The Balaban J connectivity index is 1.82. The molecule has 2 atom stereocenters. The molecule has 2 bridgehead atoms. The third-order valence-corrected chi connectivity index (χ3v) is 5.84. The van der Waals surface area contributed by atoms with E-state index in [-0.39, 0.29) is 12.3 Å². The highest BCUT2D eigenvalue weighted by Gasteiger charge is 2.45. The third kappa shape index (κ3) is 1.94. The van der Waals surface area contributed by atoms with Crippen LogP contribution >= 0.6 is 0 Å². The summed E-state index contributed by atoms with van der Waals surface area (Å²) >= 11 is 0. The molecule has 3 aromatic carbocycles. The highest BCUT2D eigenvalue weighted by atomic mass is 15.5. The van der Waals surface area contributed by atoms with Gasteiger partial charge >= 0.3 is 0 Å². The zero-order chi connectivity index (χ0) is 17.8. The van der Waals surface area contributed by atoms with Crippen LogP contribution in [0.4, 0.5) is 17.1 Å². The van der Waals surface area contributed by atoms with Crippen molar-refractivity contribution in [1.29, 1.82) is 0 Å². The van der Waals surface area contributed by atoms with E-state index in [2.05, 4.69) is 109 Å². The molecule has 0 saturated heterocycles. The molecule has 0 radical (unpaired) electrons. The Morgan fingerprint density at radius 3 is 1.50 bits per heavy atom. The van der Waals surface area contributed by atoms with Crippen LogP contribution in [-0.4, -0.2) is 14.1 Å². The zero-order valence-corrected chi connectivity index (χ0v) is 15.4. The molecule has 5 rings (SSSR count). The molecule has 2 heterocycles. The Kier molecular flexibility index (Phi) is 3.26. The predicted molar refractivity (Wildman–Crippen MR) is 109 cm³/mol. The van der Waals surface area contributed by atoms with Gasteiger partial charge < -0.3 is 14.7 Å². The molecule has 0 aromatic heterocycles. The number of anilines is 3. The van der Waals surface area contributed by atoms with Crippen LogP contribution in [0.2, 0.25) is 0 Å². The normalized spacial score (nSPS) is 20.7. The van der Waals surface area contributed by atoms with Gasteiger partial charge in [0.2, 0.25) is 0 Å². The van der Waals surface area contributed by atoms with Crippen molar-refractivity contribution in [2.45, 2.75) is 19.3 Å². The first-order chi connectivity index (χ1) is 12.7. The molecule has 3 aromatic rings. The first-order valence-electron chi connectivity index (χ1n) is 9.16. The van der Waals surface area contributed by atoms with Gasteiger partial charge in [0.15, 0.2) is 0 Å². The van der Waals surface area contributed by atoms with E-state index in [1.165, 1.54) is 33.8 Å². The lowest BCUT2D eigenvalue weighted by Crippen LogP contribution is -2.55. The van der Waals surface area contributed by atoms with Crippen molar-refractivity contribution in [3.63, 3.8) is 0 Å². The van der Waals surface area contributed by atoms with Crippen molar-refractivity contribution in [2.75, 3.05) is 28.8 Å². The van der Waals surface area contributed by atoms with Gasteiger partial charge in [0.05, 0.1) is 0 Å². The van der Waals surface area contributed by atoms with Crippen molar-refractivity contribution in [3.05, 3.63) is 89.5 Å². The van der Waals surface area contributed by atoms with Crippen LogP contribution in [0.1, 0.15) is 29.0 Å². The van der Waals surface area contributed by atoms with Crippen LogP contribution in [0.25, 0.3) is 0 Å². The first kappa shape index (κ1) is 15.3. The van der Waals surface area contributed by atoms with Gasteiger partial charge in [0.1, 0.15) is 12.3 Å². The minimum Gasteiger partial charge on any atom is -0.350 e. The largest absolute Gasteiger partial charge is 0.350 e. The summed E-state index contributed by atoms with van der Waals surface area (Å²) in [6.45, 7) is 2.21. The lowest BCUT2D eigenvalue weighted by atomic mass is 9.92. The predicted octanol–water partition coefficient (Wildman–Crippen LogP) is 5.10. The fourth-order valence-electron chi connectivity index (χ4n) is 4.66. The maximum absolute atomic E-state index is 2.57. The van der Waals surface area contributed by atoms with E-state index < -0.39 is 0 Å². The average molecular weight is 341 g/mol. The Bertz CT molecular complexity index is 923.